The van der Waals surface area contributed by atoms with Gasteiger partial charge >= 0.3 is 0 Å². The highest BCUT2D eigenvalue weighted by atomic mass is 16.6. The lowest BCUT2D eigenvalue weighted by atomic mass is 10.1. The first-order valence-corrected chi connectivity index (χ1v) is 6.75. The highest BCUT2D eigenvalue weighted by Gasteiger charge is 2.05. The second kappa shape index (κ2) is 6.65. The number of rotatable bonds is 5. The van der Waals surface area contributed by atoms with Gasteiger partial charge in [0.15, 0.2) is 0 Å². The summed E-state index contributed by atoms with van der Waals surface area (Å²) in [6, 6.07) is 13.8. The molecule has 2 rings (SSSR count). The topological polar surface area (TPSA) is 72.2 Å². The molecule has 2 aromatic carbocycles. The molecule has 0 aliphatic heterocycles. The lowest BCUT2D eigenvalue weighted by Gasteiger charge is -2.06. The summed E-state index contributed by atoms with van der Waals surface area (Å²) in [5.41, 5.74) is 2.66. The van der Waals surface area contributed by atoms with E-state index in [4.69, 9.17) is 0 Å². The van der Waals surface area contributed by atoms with E-state index in [1.54, 1.807) is 12.1 Å². The normalized spacial score (nSPS) is 10.1. The second-order valence-electron chi connectivity index (χ2n) is 4.68. The van der Waals surface area contributed by atoms with Crippen molar-refractivity contribution >= 4 is 17.3 Å². The largest absolute Gasteiger partial charge is 0.326 e. The summed E-state index contributed by atoms with van der Waals surface area (Å²) < 4.78 is 0. The maximum atomic E-state index is 11.5. The molecule has 0 atom stereocenters. The number of hydrogen-bond donors (Lipinski definition) is 1. The molecule has 0 spiro atoms. The summed E-state index contributed by atoms with van der Waals surface area (Å²) in [4.78, 5) is 21.7. The van der Waals surface area contributed by atoms with Crippen molar-refractivity contribution < 1.29 is 9.72 Å². The van der Waals surface area contributed by atoms with Gasteiger partial charge in [-0.1, -0.05) is 19.1 Å². The summed E-state index contributed by atoms with van der Waals surface area (Å²) in [5.74, 6) is 0.000543. The first-order valence-electron chi connectivity index (χ1n) is 6.75. The Balaban J connectivity index is 2.11. The predicted molar refractivity (Wildman–Crippen MR) is 82.1 cm³/mol. The number of hydrogen-bond acceptors (Lipinski definition) is 3. The van der Waals surface area contributed by atoms with Crippen LogP contribution in [0.15, 0.2) is 48.5 Å². The Bertz CT molecular complexity index is 634. The SMILES string of the molecule is CCCC(=O)Nc1ccc(-c2ccc([N+](=O)[O-])cc2)cc1. The third-order valence-corrected chi connectivity index (χ3v) is 3.06. The van der Waals surface area contributed by atoms with Crippen molar-refractivity contribution in [3.05, 3.63) is 58.6 Å². The first-order chi connectivity index (χ1) is 10.1. The minimum atomic E-state index is -0.420. The molecule has 0 bridgehead atoms. The van der Waals surface area contributed by atoms with Crippen LogP contribution in [-0.4, -0.2) is 10.8 Å². The van der Waals surface area contributed by atoms with Crippen LogP contribution >= 0.6 is 0 Å². The van der Waals surface area contributed by atoms with Gasteiger partial charge in [-0.3, -0.25) is 14.9 Å². The Kier molecular flexibility index (Phi) is 4.66. The van der Waals surface area contributed by atoms with E-state index in [1.807, 2.05) is 31.2 Å². The van der Waals surface area contributed by atoms with Gasteiger partial charge in [-0.05, 0) is 41.8 Å². The molecule has 5 nitrogen and oxygen atoms in total. The van der Waals surface area contributed by atoms with E-state index in [9.17, 15) is 14.9 Å². The van der Waals surface area contributed by atoms with Crippen molar-refractivity contribution in [3.8, 4) is 11.1 Å². The lowest BCUT2D eigenvalue weighted by Crippen LogP contribution is -2.10. The molecule has 1 N–H and O–H groups in total. The van der Waals surface area contributed by atoms with Crippen molar-refractivity contribution in [1.29, 1.82) is 0 Å². The van der Waals surface area contributed by atoms with Crippen molar-refractivity contribution in [2.75, 3.05) is 5.32 Å². The summed E-state index contributed by atoms with van der Waals surface area (Å²) in [7, 11) is 0. The van der Waals surface area contributed by atoms with Crippen LogP contribution in [0.1, 0.15) is 19.8 Å². The predicted octanol–water partition coefficient (Wildman–Crippen LogP) is 4.00. The van der Waals surface area contributed by atoms with Gasteiger partial charge in [-0.2, -0.15) is 0 Å². The van der Waals surface area contributed by atoms with Crippen molar-refractivity contribution in [2.24, 2.45) is 0 Å². The monoisotopic (exact) mass is 284 g/mol. The molecule has 0 saturated heterocycles. The molecule has 5 heteroatoms. The van der Waals surface area contributed by atoms with E-state index in [1.165, 1.54) is 12.1 Å². The van der Waals surface area contributed by atoms with Gasteiger partial charge in [-0.25, -0.2) is 0 Å². The van der Waals surface area contributed by atoms with Crippen LogP contribution in [0.2, 0.25) is 0 Å². The van der Waals surface area contributed by atoms with Gasteiger partial charge in [0, 0.05) is 24.2 Å². The van der Waals surface area contributed by atoms with Crippen LogP contribution in [0.3, 0.4) is 0 Å². The minimum Gasteiger partial charge on any atom is -0.326 e. The zero-order valence-corrected chi connectivity index (χ0v) is 11.7. The molecular formula is C16H16N2O3. The molecule has 1 amide bonds. The van der Waals surface area contributed by atoms with Crippen LogP contribution < -0.4 is 5.32 Å². The number of non-ortho nitro benzene ring substituents is 1. The molecule has 0 unspecified atom stereocenters. The number of nitro groups is 1. The standard InChI is InChI=1S/C16H16N2O3/c1-2-3-16(19)17-14-8-4-12(5-9-14)13-6-10-15(11-7-13)18(20)21/h4-11H,2-3H2,1H3,(H,17,19). The molecule has 108 valence electrons. The number of nitro benzene ring substituents is 1. The van der Waals surface area contributed by atoms with Crippen LogP contribution in [0, 0.1) is 10.1 Å². The van der Waals surface area contributed by atoms with E-state index >= 15 is 0 Å². The van der Waals surface area contributed by atoms with Gasteiger partial charge in [0.05, 0.1) is 4.92 Å². The number of nitrogens with zero attached hydrogens (tertiary/aromatic N) is 1. The summed E-state index contributed by atoms with van der Waals surface area (Å²) in [6.45, 7) is 1.96. The average Bonchev–Trinajstić information content (AvgIpc) is 2.48. The molecule has 0 fully saturated rings. The van der Waals surface area contributed by atoms with E-state index in [0.29, 0.717) is 6.42 Å². The van der Waals surface area contributed by atoms with Crippen LogP contribution in [-0.2, 0) is 4.79 Å². The fourth-order valence-corrected chi connectivity index (χ4v) is 1.97. The van der Waals surface area contributed by atoms with Gasteiger partial charge in [0.2, 0.25) is 5.91 Å². The van der Waals surface area contributed by atoms with Crippen LogP contribution in [0.5, 0.6) is 0 Å². The Morgan fingerprint density at radius 3 is 2.05 bits per heavy atom. The Hall–Kier alpha value is -2.69. The highest BCUT2D eigenvalue weighted by molar-refractivity contribution is 5.90. The smallest absolute Gasteiger partial charge is 0.269 e. The zero-order valence-electron chi connectivity index (χ0n) is 11.7. The maximum Gasteiger partial charge on any atom is 0.269 e. The van der Waals surface area contributed by atoms with Gasteiger partial charge in [0.25, 0.3) is 5.69 Å². The summed E-state index contributed by atoms with van der Waals surface area (Å²) >= 11 is 0. The fourth-order valence-electron chi connectivity index (χ4n) is 1.97. The van der Waals surface area contributed by atoms with Crippen molar-refractivity contribution in [2.45, 2.75) is 19.8 Å². The highest BCUT2D eigenvalue weighted by Crippen LogP contribution is 2.23. The van der Waals surface area contributed by atoms with Gasteiger partial charge in [-0.15, -0.1) is 0 Å². The first kappa shape index (κ1) is 14.7. The molecule has 21 heavy (non-hydrogen) atoms. The molecule has 0 radical (unpaired) electrons. The zero-order chi connectivity index (χ0) is 15.2. The van der Waals surface area contributed by atoms with Crippen LogP contribution in [0.25, 0.3) is 11.1 Å². The molecule has 2 aromatic rings. The number of benzene rings is 2. The number of carbonyl (C=O) groups is 1. The van der Waals surface area contributed by atoms with Crippen LogP contribution in [0.4, 0.5) is 11.4 Å². The van der Waals surface area contributed by atoms with E-state index in [0.717, 1.165) is 23.2 Å². The van der Waals surface area contributed by atoms with E-state index in [-0.39, 0.29) is 11.6 Å². The summed E-state index contributed by atoms with van der Waals surface area (Å²) in [6.07, 6.45) is 1.32. The Morgan fingerprint density at radius 1 is 1.05 bits per heavy atom. The third-order valence-electron chi connectivity index (χ3n) is 3.06. The van der Waals surface area contributed by atoms with Crippen molar-refractivity contribution in [1.82, 2.24) is 0 Å². The molecule has 0 aliphatic rings. The second-order valence-corrected chi connectivity index (χ2v) is 4.68. The average molecular weight is 284 g/mol. The van der Waals surface area contributed by atoms with E-state index in [2.05, 4.69) is 5.32 Å². The molecule has 0 aromatic heterocycles. The minimum absolute atomic E-state index is 0.000543. The Labute approximate surface area is 122 Å². The number of anilines is 1. The fraction of sp³-hybridized carbons (Fsp3) is 0.188. The molecule has 0 heterocycles. The quantitative estimate of drug-likeness (QED) is 0.666. The lowest BCUT2D eigenvalue weighted by molar-refractivity contribution is -0.384. The Morgan fingerprint density at radius 2 is 1.57 bits per heavy atom. The van der Waals surface area contributed by atoms with Crippen molar-refractivity contribution in [3.63, 3.8) is 0 Å². The maximum absolute atomic E-state index is 11.5. The molecule has 0 aliphatic carbocycles. The van der Waals surface area contributed by atoms with E-state index < -0.39 is 4.92 Å². The number of nitrogens with one attached hydrogen (secondary N) is 1. The third kappa shape index (κ3) is 3.89. The summed E-state index contributed by atoms with van der Waals surface area (Å²) in [5, 5.41) is 13.4. The van der Waals surface area contributed by atoms with Gasteiger partial charge < -0.3 is 5.32 Å². The molecular weight excluding hydrogens is 268 g/mol. The van der Waals surface area contributed by atoms with Gasteiger partial charge in [0.1, 0.15) is 0 Å². The number of amides is 1. The molecule has 0 saturated carbocycles. The number of carbonyl (C=O) groups excluding carboxylic acids is 1.